The summed E-state index contributed by atoms with van der Waals surface area (Å²) in [6.07, 6.45) is 5.40. The number of likely N-dealkylation sites (tertiary alicyclic amines) is 1. The molecule has 4 N–H and O–H groups in total. The molecule has 29 heavy (non-hydrogen) atoms. The molecule has 8 heteroatoms. The zero-order chi connectivity index (χ0) is 20.4. The predicted molar refractivity (Wildman–Crippen MR) is 113 cm³/mol. The summed E-state index contributed by atoms with van der Waals surface area (Å²) in [5.41, 5.74) is 1.78. The Kier molecular flexibility index (Phi) is 5.71. The van der Waals surface area contributed by atoms with E-state index < -0.39 is 0 Å². The van der Waals surface area contributed by atoms with Crippen LogP contribution in [-0.4, -0.2) is 59.3 Å². The van der Waals surface area contributed by atoms with Gasteiger partial charge in [-0.2, -0.15) is 5.10 Å². The third kappa shape index (κ3) is 4.22. The van der Waals surface area contributed by atoms with Gasteiger partial charge in [0.05, 0.1) is 5.52 Å². The molecule has 4 rings (SSSR count). The molecule has 1 saturated heterocycles. The number of benzene rings is 1. The van der Waals surface area contributed by atoms with Crippen LogP contribution in [0.3, 0.4) is 0 Å². The number of nitrogens with one attached hydrogen (secondary N) is 4. The first kappa shape index (κ1) is 19.7. The molecule has 0 bridgehead atoms. The number of fused-ring (bicyclic) bond motifs is 2. The topological polar surface area (TPSA) is 102 Å². The minimum Gasteiger partial charge on any atom is -0.348 e. The second kappa shape index (κ2) is 8.41. The lowest BCUT2D eigenvalue weighted by Gasteiger charge is -2.34. The Balaban J connectivity index is 1.45. The molecule has 1 aromatic heterocycles. The fourth-order valence-electron chi connectivity index (χ4n) is 4.77. The normalized spacial score (nSPS) is 24.3. The number of amides is 3. The van der Waals surface area contributed by atoms with Gasteiger partial charge in [0.15, 0.2) is 5.69 Å². The quantitative estimate of drug-likeness (QED) is 0.622. The lowest BCUT2D eigenvalue weighted by atomic mass is 9.92. The summed E-state index contributed by atoms with van der Waals surface area (Å²) < 4.78 is 0. The summed E-state index contributed by atoms with van der Waals surface area (Å²) in [6.45, 7) is 3.76. The van der Waals surface area contributed by atoms with Crippen LogP contribution in [0.1, 0.15) is 49.5 Å². The molecule has 8 nitrogen and oxygen atoms in total. The highest BCUT2D eigenvalue weighted by Gasteiger charge is 2.39. The van der Waals surface area contributed by atoms with E-state index in [1.165, 1.54) is 12.8 Å². The predicted octanol–water partition coefficient (Wildman–Crippen LogP) is 2.70. The lowest BCUT2D eigenvalue weighted by molar-refractivity contribution is 0.0932. The fraction of sp³-hybridized carbons (Fsp3) is 0.571. The SMILES string of the molecule is CCCNC(=O)Nc1ccc2[nH]nc(C(=O)N[C@@H]3CC4CCCN(C)C4C3)c2c1. The van der Waals surface area contributed by atoms with Gasteiger partial charge in [0.1, 0.15) is 0 Å². The first-order chi connectivity index (χ1) is 14.0. The van der Waals surface area contributed by atoms with E-state index in [4.69, 9.17) is 0 Å². The zero-order valence-corrected chi connectivity index (χ0v) is 17.1. The van der Waals surface area contributed by atoms with E-state index in [2.05, 4.69) is 38.1 Å². The molecule has 1 saturated carbocycles. The highest BCUT2D eigenvalue weighted by atomic mass is 16.2. The molecule has 2 aromatic rings. The van der Waals surface area contributed by atoms with Crippen LogP contribution in [0.2, 0.25) is 0 Å². The average Bonchev–Trinajstić information content (AvgIpc) is 3.30. The number of hydrogen-bond acceptors (Lipinski definition) is 4. The number of carbonyl (C=O) groups is 2. The number of rotatable bonds is 5. The van der Waals surface area contributed by atoms with Gasteiger partial charge in [-0.3, -0.25) is 9.89 Å². The third-order valence-corrected chi connectivity index (χ3v) is 6.22. The number of urea groups is 1. The minimum atomic E-state index is -0.252. The maximum absolute atomic E-state index is 12.9. The molecular weight excluding hydrogens is 368 g/mol. The summed E-state index contributed by atoms with van der Waals surface area (Å²) >= 11 is 0. The van der Waals surface area contributed by atoms with Gasteiger partial charge in [-0.1, -0.05) is 6.92 Å². The van der Waals surface area contributed by atoms with Gasteiger partial charge in [-0.15, -0.1) is 0 Å². The maximum atomic E-state index is 12.9. The Hall–Kier alpha value is -2.61. The molecule has 1 aliphatic heterocycles. The van der Waals surface area contributed by atoms with E-state index in [9.17, 15) is 9.59 Å². The van der Waals surface area contributed by atoms with Gasteiger partial charge in [0, 0.05) is 29.7 Å². The molecule has 3 amide bonds. The van der Waals surface area contributed by atoms with Crippen LogP contribution in [0.25, 0.3) is 10.9 Å². The van der Waals surface area contributed by atoms with Gasteiger partial charge in [0.25, 0.3) is 5.91 Å². The van der Waals surface area contributed by atoms with Crippen molar-refractivity contribution in [3.05, 3.63) is 23.9 Å². The van der Waals surface area contributed by atoms with E-state index in [-0.39, 0.29) is 18.0 Å². The Morgan fingerprint density at radius 3 is 2.97 bits per heavy atom. The number of aromatic amines is 1. The van der Waals surface area contributed by atoms with Crippen LogP contribution >= 0.6 is 0 Å². The number of anilines is 1. The molecular formula is C21H30N6O2. The molecule has 0 spiro atoms. The van der Waals surface area contributed by atoms with Crippen LogP contribution in [0, 0.1) is 5.92 Å². The average molecular weight is 399 g/mol. The zero-order valence-electron chi connectivity index (χ0n) is 17.1. The monoisotopic (exact) mass is 398 g/mol. The number of hydrogen-bond donors (Lipinski definition) is 4. The first-order valence-electron chi connectivity index (χ1n) is 10.6. The van der Waals surface area contributed by atoms with Crippen LogP contribution in [0.5, 0.6) is 0 Å². The summed E-state index contributed by atoms with van der Waals surface area (Å²) in [5, 5.41) is 16.6. The van der Waals surface area contributed by atoms with E-state index in [0.717, 1.165) is 31.3 Å². The van der Waals surface area contributed by atoms with Gasteiger partial charge < -0.3 is 20.9 Å². The summed E-state index contributed by atoms with van der Waals surface area (Å²) in [5.74, 6) is 0.516. The fourth-order valence-corrected chi connectivity index (χ4v) is 4.77. The Morgan fingerprint density at radius 1 is 1.31 bits per heavy atom. The van der Waals surface area contributed by atoms with E-state index in [1.54, 1.807) is 12.1 Å². The van der Waals surface area contributed by atoms with E-state index in [1.807, 2.05) is 13.0 Å². The number of H-pyrrole nitrogens is 1. The number of nitrogens with zero attached hydrogens (tertiary/aromatic N) is 2. The van der Waals surface area contributed by atoms with Gasteiger partial charge in [0.2, 0.25) is 0 Å². The van der Waals surface area contributed by atoms with Crippen LogP contribution in [-0.2, 0) is 0 Å². The summed E-state index contributed by atoms with van der Waals surface area (Å²) in [6, 6.07) is 5.92. The summed E-state index contributed by atoms with van der Waals surface area (Å²) in [7, 11) is 2.19. The molecule has 3 atom stereocenters. The molecule has 156 valence electrons. The van der Waals surface area contributed by atoms with Gasteiger partial charge in [-0.25, -0.2) is 4.79 Å². The van der Waals surface area contributed by atoms with Crippen molar-refractivity contribution < 1.29 is 9.59 Å². The van der Waals surface area contributed by atoms with Crippen LogP contribution in [0.4, 0.5) is 10.5 Å². The first-order valence-corrected chi connectivity index (χ1v) is 10.6. The molecule has 2 heterocycles. The molecule has 2 unspecified atom stereocenters. The molecule has 1 aliphatic carbocycles. The van der Waals surface area contributed by atoms with E-state index in [0.29, 0.717) is 35.3 Å². The van der Waals surface area contributed by atoms with Crippen molar-refractivity contribution >= 4 is 28.5 Å². The Morgan fingerprint density at radius 2 is 2.17 bits per heavy atom. The second-order valence-corrected chi connectivity index (χ2v) is 8.31. The smallest absolute Gasteiger partial charge is 0.319 e. The maximum Gasteiger partial charge on any atom is 0.319 e. The van der Waals surface area contributed by atoms with Crippen molar-refractivity contribution in [2.45, 2.75) is 51.1 Å². The lowest BCUT2D eigenvalue weighted by Crippen LogP contribution is -2.40. The molecule has 1 aromatic carbocycles. The second-order valence-electron chi connectivity index (χ2n) is 8.31. The van der Waals surface area contributed by atoms with Crippen molar-refractivity contribution in [3.63, 3.8) is 0 Å². The van der Waals surface area contributed by atoms with E-state index >= 15 is 0 Å². The Labute approximate surface area is 170 Å². The number of piperidine rings is 1. The van der Waals surface area contributed by atoms with Crippen molar-refractivity contribution in [1.29, 1.82) is 0 Å². The van der Waals surface area contributed by atoms with Crippen molar-refractivity contribution in [1.82, 2.24) is 25.7 Å². The standard InChI is InChI=1S/C21H30N6O2/c1-3-8-22-21(29)24-14-6-7-17-16(11-14)19(26-25-17)20(28)23-15-10-13-5-4-9-27(2)18(13)12-15/h6-7,11,13,15,18H,3-5,8-10,12H2,1-2H3,(H,23,28)(H,25,26)(H2,22,24,29)/t13?,15-,18?/m1/s1. The largest absolute Gasteiger partial charge is 0.348 e. The van der Waals surface area contributed by atoms with Crippen LogP contribution < -0.4 is 16.0 Å². The third-order valence-electron chi connectivity index (χ3n) is 6.22. The minimum absolute atomic E-state index is 0.157. The van der Waals surface area contributed by atoms with Gasteiger partial charge >= 0.3 is 6.03 Å². The highest BCUT2D eigenvalue weighted by Crippen LogP contribution is 2.36. The van der Waals surface area contributed by atoms with Crippen molar-refractivity contribution in [2.75, 3.05) is 25.5 Å². The number of aromatic nitrogens is 2. The molecule has 2 fully saturated rings. The molecule has 2 aliphatic rings. The van der Waals surface area contributed by atoms with Crippen molar-refractivity contribution in [3.8, 4) is 0 Å². The highest BCUT2D eigenvalue weighted by molar-refractivity contribution is 6.06. The Bertz CT molecular complexity index is 894. The number of carbonyl (C=O) groups excluding carboxylic acids is 2. The van der Waals surface area contributed by atoms with Gasteiger partial charge in [-0.05, 0) is 69.8 Å². The summed E-state index contributed by atoms with van der Waals surface area (Å²) in [4.78, 5) is 27.3. The van der Waals surface area contributed by atoms with Crippen molar-refractivity contribution in [2.24, 2.45) is 5.92 Å². The van der Waals surface area contributed by atoms with Crippen LogP contribution in [0.15, 0.2) is 18.2 Å². The molecule has 0 radical (unpaired) electrons.